The number of benzene rings is 1. The standard InChI is InChI=1S/C24H26BrFN4O5S/c1-2-35-24(33)20-18(12-30-8-9-34-13-15(30)4-6-19(31)32)28-22(23-27-7-10-36-23)29-21(20)16-5-3-14(26)11-17(16)25/h3,5,7,10-11,15,21H,2,4,6,8-9,12-13H2,1H3,(H,28,29)(H,31,32). The number of ether oxygens (including phenoxy) is 2. The predicted molar refractivity (Wildman–Crippen MR) is 135 cm³/mol. The molecule has 9 nitrogen and oxygen atoms in total. The van der Waals surface area contributed by atoms with Crippen LogP contribution in [0.1, 0.15) is 36.4 Å². The van der Waals surface area contributed by atoms with Crippen molar-refractivity contribution >= 4 is 45.0 Å². The molecule has 0 amide bonds. The summed E-state index contributed by atoms with van der Waals surface area (Å²) in [5, 5.41) is 14.9. The van der Waals surface area contributed by atoms with Gasteiger partial charge in [0.2, 0.25) is 0 Å². The lowest BCUT2D eigenvalue weighted by atomic mass is 9.95. The summed E-state index contributed by atoms with van der Waals surface area (Å²) < 4.78 is 25.4. The molecule has 2 unspecified atom stereocenters. The van der Waals surface area contributed by atoms with Crippen molar-refractivity contribution in [3.63, 3.8) is 0 Å². The number of carbonyl (C=O) groups is 2. The van der Waals surface area contributed by atoms with Gasteiger partial charge >= 0.3 is 11.9 Å². The first-order chi connectivity index (χ1) is 17.4. The molecule has 36 heavy (non-hydrogen) atoms. The second kappa shape index (κ2) is 12.0. The van der Waals surface area contributed by atoms with Gasteiger partial charge in [-0.25, -0.2) is 14.2 Å². The van der Waals surface area contributed by atoms with Crippen LogP contribution in [0.25, 0.3) is 0 Å². The number of amidine groups is 1. The Morgan fingerprint density at radius 3 is 2.94 bits per heavy atom. The van der Waals surface area contributed by atoms with E-state index in [9.17, 15) is 19.1 Å². The summed E-state index contributed by atoms with van der Waals surface area (Å²) in [6, 6.07) is 3.35. The van der Waals surface area contributed by atoms with E-state index in [0.29, 0.717) is 64.9 Å². The fraction of sp³-hybridized carbons (Fsp3) is 0.417. The lowest BCUT2D eigenvalue weighted by Gasteiger charge is -2.37. The highest BCUT2D eigenvalue weighted by Crippen LogP contribution is 2.37. The molecule has 2 aromatic rings. The Morgan fingerprint density at radius 2 is 2.25 bits per heavy atom. The maximum atomic E-state index is 13.9. The topological polar surface area (TPSA) is 113 Å². The largest absolute Gasteiger partial charge is 0.481 e. The zero-order valence-electron chi connectivity index (χ0n) is 19.6. The van der Waals surface area contributed by atoms with Crippen molar-refractivity contribution in [3.8, 4) is 0 Å². The maximum Gasteiger partial charge on any atom is 0.338 e. The summed E-state index contributed by atoms with van der Waals surface area (Å²) in [5.41, 5.74) is 1.50. The summed E-state index contributed by atoms with van der Waals surface area (Å²) in [4.78, 5) is 35.8. The van der Waals surface area contributed by atoms with Gasteiger partial charge < -0.3 is 19.9 Å². The molecule has 2 aliphatic heterocycles. The third-order valence-electron chi connectivity index (χ3n) is 5.92. The molecule has 1 aromatic heterocycles. The first-order valence-corrected chi connectivity index (χ1v) is 13.2. The van der Waals surface area contributed by atoms with E-state index in [1.54, 1.807) is 19.2 Å². The minimum absolute atomic E-state index is 0.0126. The summed E-state index contributed by atoms with van der Waals surface area (Å²) in [5.74, 6) is -1.33. The van der Waals surface area contributed by atoms with E-state index in [2.05, 4.69) is 31.1 Å². The number of carboxylic acid groups (broad SMARTS) is 1. The third-order valence-corrected chi connectivity index (χ3v) is 7.38. The first kappa shape index (κ1) is 26.4. The maximum absolute atomic E-state index is 13.9. The zero-order chi connectivity index (χ0) is 25.7. The van der Waals surface area contributed by atoms with Crippen LogP contribution in [0.15, 0.2) is 50.5 Å². The Bertz CT molecular complexity index is 1170. The second-order valence-corrected chi connectivity index (χ2v) is 10.0. The van der Waals surface area contributed by atoms with Gasteiger partial charge in [0.25, 0.3) is 0 Å². The van der Waals surface area contributed by atoms with Crippen LogP contribution in [-0.2, 0) is 19.1 Å². The highest BCUT2D eigenvalue weighted by Gasteiger charge is 2.36. The molecule has 192 valence electrons. The molecule has 1 aromatic carbocycles. The van der Waals surface area contributed by atoms with Crippen molar-refractivity contribution in [2.75, 3.05) is 32.9 Å². The van der Waals surface area contributed by atoms with Crippen molar-refractivity contribution in [1.82, 2.24) is 15.2 Å². The van der Waals surface area contributed by atoms with Gasteiger partial charge in [0.15, 0.2) is 10.8 Å². The van der Waals surface area contributed by atoms with Crippen LogP contribution in [0, 0.1) is 5.82 Å². The number of rotatable bonds is 9. The Labute approximate surface area is 220 Å². The summed E-state index contributed by atoms with van der Waals surface area (Å²) in [7, 11) is 0. The monoisotopic (exact) mass is 580 g/mol. The fourth-order valence-electron chi connectivity index (χ4n) is 4.22. The fourth-order valence-corrected chi connectivity index (χ4v) is 5.38. The molecule has 1 saturated heterocycles. The van der Waals surface area contributed by atoms with Gasteiger partial charge in [-0.2, -0.15) is 0 Å². The Hall–Kier alpha value is -2.67. The number of carboxylic acids is 1. The van der Waals surface area contributed by atoms with Crippen LogP contribution >= 0.6 is 27.3 Å². The molecular weight excluding hydrogens is 555 g/mol. The highest BCUT2D eigenvalue weighted by atomic mass is 79.9. The smallest absolute Gasteiger partial charge is 0.338 e. The van der Waals surface area contributed by atoms with Crippen LogP contribution in [0.3, 0.4) is 0 Å². The van der Waals surface area contributed by atoms with Gasteiger partial charge in [-0.1, -0.05) is 22.0 Å². The van der Waals surface area contributed by atoms with E-state index in [-0.39, 0.29) is 19.1 Å². The Balaban J connectivity index is 1.78. The number of nitrogens with zero attached hydrogens (tertiary/aromatic N) is 3. The number of aromatic nitrogens is 1. The molecule has 0 spiro atoms. The van der Waals surface area contributed by atoms with E-state index in [0.717, 1.165) is 0 Å². The predicted octanol–water partition coefficient (Wildman–Crippen LogP) is 3.52. The van der Waals surface area contributed by atoms with Crippen LogP contribution in [0.2, 0.25) is 0 Å². The van der Waals surface area contributed by atoms with Crippen LogP contribution < -0.4 is 5.32 Å². The molecule has 0 saturated carbocycles. The molecule has 12 heteroatoms. The molecular formula is C24H26BrFN4O5S. The second-order valence-electron chi connectivity index (χ2n) is 8.25. The number of thiazole rings is 1. The average Bonchev–Trinajstić information content (AvgIpc) is 3.38. The number of morpholine rings is 1. The number of nitrogens with one attached hydrogen (secondary N) is 1. The SMILES string of the molecule is CCOC(=O)C1=C(CN2CCOCC2CCC(=O)O)NC(c2nccs2)=NC1c1ccc(F)cc1Br. The Kier molecular flexibility index (Phi) is 8.83. The molecule has 1 fully saturated rings. The van der Waals surface area contributed by atoms with Gasteiger partial charge in [0, 0.05) is 47.3 Å². The molecule has 0 radical (unpaired) electrons. The summed E-state index contributed by atoms with van der Waals surface area (Å²) >= 11 is 4.83. The van der Waals surface area contributed by atoms with Gasteiger partial charge in [0.05, 0.1) is 25.4 Å². The number of hydrogen-bond acceptors (Lipinski definition) is 9. The highest BCUT2D eigenvalue weighted by molar-refractivity contribution is 9.10. The summed E-state index contributed by atoms with van der Waals surface area (Å²) in [6.07, 6.45) is 2.09. The van der Waals surface area contributed by atoms with E-state index in [1.165, 1.54) is 23.5 Å². The number of esters is 1. The third kappa shape index (κ3) is 6.17. The van der Waals surface area contributed by atoms with Crippen molar-refractivity contribution in [1.29, 1.82) is 0 Å². The molecule has 2 N–H and O–H groups in total. The van der Waals surface area contributed by atoms with Crippen LogP contribution in [0.4, 0.5) is 4.39 Å². The van der Waals surface area contributed by atoms with Crippen molar-refractivity contribution in [2.24, 2.45) is 4.99 Å². The minimum atomic E-state index is -0.873. The van der Waals surface area contributed by atoms with E-state index >= 15 is 0 Å². The molecule has 0 aliphatic carbocycles. The zero-order valence-corrected chi connectivity index (χ0v) is 22.0. The molecule has 4 rings (SSSR count). The lowest BCUT2D eigenvalue weighted by Crippen LogP contribution is -2.49. The summed E-state index contributed by atoms with van der Waals surface area (Å²) in [6.45, 7) is 3.68. The van der Waals surface area contributed by atoms with Crippen molar-refractivity contribution < 1.29 is 28.6 Å². The number of aliphatic imine (C=N–C) groups is 1. The quantitative estimate of drug-likeness (QED) is 0.433. The van der Waals surface area contributed by atoms with Gasteiger partial charge in [-0.05, 0) is 31.0 Å². The van der Waals surface area contributed by atoms with E-state index in [1.807, 2.05) is 5.38 Å². The number of hydrogen-bond donors (Lipinski definition) is 2. The normalized spacial score (nSPS) is 20.6. The lowest BCUT2D eigenvalue weighted by molar-refractivity contribution is -0.139. The van der Waals surface area contributed by atoms with Gasteiger partial charge in [0.1, 0.15) is 11.9 Å². The van der Waals surface area contributed by atoms with E-state index < -0.39 is 23.8 Å². The minimum Gasteiger partial charge on any atom is -0.481 e. The number of aliphatic carboxylic acids is 1. The Morgan fingerprint density at radius 1 is 1.42 bits per heavy atom. The van der Waals surface area contributed by atoms with Crippen molar-refractivity contribution in [3.05, 3.63) is 61.9 Å². The molecule has 2 aliphatic rings. The van der Waals surface area contributed by atoms with Gasteiger partial charge in [-0.3, -0.25) is 14.7 Å². The first-order valence-electron chi connectivity index (χ1n) is 11.5. The van der Waals surface area contributed by atoms with Crippen LogP contribution in [-0.4, -0.2) is 71.7 Å². The average molecular weight is 581 g/mol. The molecule has 2 atom stereocenters. The molecule has 3 heterocycles. The number of halogens is 2. The van der Waals surface area contributed by atoms with Crippen LogP contribution in [0.5, 0.6) is 0 Å². The van der Waals surface area contributed by atoms with Crippen molar-refractivity contribution in [2.45, 2.75) is 31.8 Å². The molecule has 0 bridgehead atoms. The number of carbonyl (C=O) groups excluding carboxylic acids is 1. The van der Waals surface area contributed by atoms with Gasteiger partial charge in [-0.15, -0.1) is 11.3 Å². The van der Waals surface area contributed by atoms with E-state index in [4.69, 9.17) is 14.5 Å².